The van der Waals surface area contributed by atoms with Gasteiger partial charge in [-0.25, -0.2) is 4.39 Å². The zero-order chi connectivity index (χ0) is 10.1. The summed E-state index contributed by atoms with van der Waals surface area (Å²) in [5.74, 6) is 5.72. The molecule has 1 aromatic carbocycles. The summed E-state index contributed by atoms with van der Waals surface area (Å²) in [5, 5.41) is 0. The number of nitrogens with two attached hydrogens (primary N) is 1. The van der Waals surface area contributed by atoms with Crippen LogP contribution in [0.4, 0.5) is 4.39 Å². The van der Waals surface area contributed by atoms with Gasteiger partial charge in [-0.05, 0) is 40.8 Å². The van der Waals surface area contributed by atoms with Crippen molar-refractivity contribution >= 4 is 15.9 Å². The van der Waals surface area contributed by atoms with Crippen LogP contribution < -0.4 is 11.3 Å². The van der Waals surface area contributed by atoms with E-state index in [1.54, 1.807) is 12.1 Å². The molecule has 1 aliphatic rings. The van der Waals surface area contributed by atoms with Crippen LogP contribution in [0.2, 0.25) is 0 Å². The molecule has 3 N–H and O–H groups in total. The van der Waals surface area contributed by atoms with E-state index in [1.165, 1.54) is 0 Å². The molecule has 0 radical (unpaired) electrons. The summed E-state index contributed by atoms with van der Waals surface area (Å²) in [5.41, 5.74) is 3.34. The molecule has 0 saturated heterocycles. The Morgan fingerprint density at radius 3 is 2.79 bits per heavy atom. The Balaban J connectivity index is 2.33. The molecule has 2 rings (SSSR count). The maximum absolute atomic E-state index is 13.7. The van der Waals surface area contributed by atoms with Gasteiger partial charge >= 0.3 is 0 Å². The molecule has 0 amide bonds. The SMILES string of the molecule is NNC(c1cccc(Br)c1F)C1CC1. The molecule has 1 aromatic rings. The van der Waals surface area contributed by atoms with Crippen molar-refractivity contribution in [1.82, 2.24) is 5.43 Å². The minimum Gasteiger partial charge on any atom is -0.271 e. The van der Waals surface area contributed by atoms with Crippen LogP contribution in [0.15, 0.2) is 22.7 Å². The predicted octanol–water partition coefficient (Wildman–Crippen LogP) is 2.50. The van der Waals surface area contributed by atoms with Gasteiger partial charge in [0.05, 0.1) is 10.5 Å². The van der Waals surface area contributed by atoms with Crippen LogP contribution in [-0.4, -0.2) is 0 Å². The Labute approximate surface area is 90.8 Å². The molecule has 4 heteroatoms. The van der Waals surface area contributed by atoms with Crippen LogP contribution in [0, 0.1) is 11.7 Å². The molecule has 1 aliphatic carbocycles. The molecule has 1 atom stereocenters. The summed E-state index contributed by atoms with van der Waals surface area (Å²) >= 11 is 3.17. The highest BCUT2D eigenvalue weighted by Crippen LogP contribution is 2.41. The fraction of sp³-hybridized carbons (Fsp3) is 0.400. The second-order valence-electron chi connectivity index (χ2n) is 3.62. The number of halogens is 2. The Kier molecular flexibility index (Phi) is 2.85. The lowest BCUT2D eigenvalue weighted by molar-refractivity contribution is 0.467. The zero-order valence-electron chi connectivity index (χ0n) is 7.63. The van der Waals surface area contributed by atoms with Gasteiger partial charge in [0.2, 0.25) is 0 Å². The van der Waals surface area contributed by atoms with Gasteiger partial charge in [0.25, 0.3) is 0 Å². The zero-order valence-corrected chi connectivity index (χ0v) is 9.22. The van der Waals surface area contributed by atoms with Gasteiger partial charge in [-0.2, -0.15) is 0 Å². The minimum absolute atomic E-state index is 0.0486. The molecule has 1 unspecified atom stereocenters. The fourth-order valence-corrected chi connectivity index (χ4v) is 2.05. The molecule has 0 heterocycles. The first-order valence-corrected chi connectivity index (χ1v) is 5.43. The summed E-state index contributed by atoms with van der Waals surface area (Å²) in [6.45, 7) is 0. The number of hydrogen-bond donors (Lipinski definition) is 2. The molecule has 14 heavy (non-hydrogen) atoms. The molecule has 1 saturated carbocycles. The highest BCUT2D eigenvalue weighted by Gasteiger charge is 2.33. The summed E-state index contributed by atoms with van der Waals surface area (Å²) in [6, 6.07) is 5.25. The summed E-state index contributed by atoms with van der Waals surface area (Å²) < 4.78 is 14.2. The van der Waals surface area contributed by atoms with Gasteiger partial charge < -0.3 is 0 Å². The third-order valence-electron chi connectivity index (χ3n) is 2.59. The molecule has 76 valence electrons. The van der Waals surface area contributed by atoms with Crippen LogP contribution in [-0.2, 0) is 0 Å². The van der Waals surface area contributed by atoms with Crippen molar-refractivity contribution in [3.8, 4) is 0 Å². The van der Waals surface area contributed by atoms with Gasteiger partial charge in [-0.15, -0.1) is 0 Å². The molecule has 2 nitrogen and oxygen atoms in total. The standard InChI is InChI=1S/C10H12BrFN2/c11-8-3-1-2-7(9(8)12)10(14-13)6-4-5-6/h1-3,6,10,14H,4-5,13H2. The smallest absolute Gasteiger partial charge is 0.142 e. The van der Waals surface area contributed by atoms with E-state index in [0.29, 0.717) is 16.0 Å². The van der Waals surface area contributed by atoms with Gasteiger partial charge in [-0.1, -0.05) is 12.1 Å². The van der Waals surface area contributed by atoms with E-state index < -0.39 is 0 Å². The first-order valence-electron chi connectivity index (χ1n) is 4.64. The van der Waals surface area contributed by atoms with Crippen molar-refractivity contribution in [3.05, 3.63) is 34.1 Å². The number of rotatable bonds is 3. The van der Waals surface area contributed by atoms with E-state index in [2.05, 4.69) is 21.4 Å². The van der Waals surface area contributed by atoms with E-state index in [4.69, 9.17) is 5.84 Å². The van der Waals surface area contributed by atoms with Crippen LogP contribution >= 0.6 is 15.9 Å². The van der Waals surface area contributed by atoms with Crippen LogP contribution in [0.3, 0.4) is 0 Å². The second kappa shape index (κ2) is 3.96. The summed E-state index contributed by atoms with van der Waals surface area (Å²) in [4.78, 5) is 0. The molecule has 0 aliphatic heterocycles. The topological polar surface area (TPSA) is 38.0 Å². The van der Waals surface area contributed by atoms with Gasteiger partial charge in [-0.3, -0.25) is 11.3 Å². The normalized spacial score (nSPS) is 18.2. The Hall–Kier alpha value is -0.450. The Bertz CT molecular complexity index is 339. The van der Waals surface area contributed by atoms with Crippen LogP contribution in [0.1, 0.15) is 24.4 Å². The Morgan fingerprint density at radius 1 is 1.50 bits per heavy atom. The van der Waals surface area contributed by atoms with E-state index >= 15 is 0 Å². The average Bonchev–Trinajstić information content (AvgIpc) is 2.97. The number of hydrazine groups is 1. The minimum atomic E-state index is -0.206. The van der Waals surface area contributed by atoms with E-state index in [9.17, 15) is 4.39 Å². The monoisotopic (exact) mass is 258 g/mol. The van der Waals surface area contributed by atoms with Crippen molar-refractivity contribution in [1.29, 1.82) is 0 Å². The van der Waals surface area contributed by atoms with Crippen LogP contribution in [0.25, 0.3) is 0 Å². The lowest BCUT2D eigenvalue weighted by atomic mass is 10.0. The third-order valence-corrected chi connectivity index (χ3v) is 3.20. The third kappa shape index (κ3) is 1.82. The van der Waals surface area contributed by atoms with Crippen molar-refractivity contribution in [2.45, 2.75) is 18.9 Å². The lowest BCUT2D eigenvalue weighted by Crippen LogP contribution is -2.30. The van der Waals surface area contributed by atoms with Crippen molar-refractivity contribution in [3.63, 3.8) is 0 Å². The lowest BCUT2D eigenvalue weighted by Gasteiger charge is -2.16. The quantitative estimate of drug-likeness (QED) is 0.646. The molecular weight excluding hydrogens is 247 g/mol. The van der Waals surface area contributed by atoms with Crippen molar-refractivity contribution < 1.29 is 4.39 Å². The highest BCUT2D eigenvalue weighted by molar-refractivity contribution is 9.10. The number of nitrogens with one attached hydrogen (secondary N) is 1. The van der Waals surface area contributed by atoms with E-state index in [0.717, 1.165) is 12.8 Å². The first kappa shape index (κ1) is 10.1. The molecule has 0 spiro atoms. The predicted molar refractivity (Wildman–Crippen MR) is 56.9 cm³/mol. The molecular formula is C10H12BrFN2. The fourth-order valence-electron chi connectivity index (χ4n) is 1.67. The van der Waals surface area contributed by atoms with Crippen LogP contribution in [0.5, 0.6) is 0 Å². The van der Waals surface area contributed by atoms with E-state index in [-0.39, 0.29) is 11.9 Å². The summed E-state index contributed by atoms with van der Waals surface area (Å²) in [6.07, 6.45) is 2.25. The van der Waals surface area contributed by atoms with Crippen molar-refractivity contribution in [2.75, 3.05) is 0 Å². The summed E-state index contributed by atoms with van der Waals surface area (Å²) in [7, 11) is 0. The van der Waals surface area contributed by atoms with Gasteiger partial charge in [0.1, 0.15) is 5.82 Å². The largest absolute Gasteiger partial charge is 0.271 e. The van der Waals surface area contributed by atoms with Gasteiger partial charge in [0.15, 0.2) is 0 Å². The number of benzene rings is 1. The number of hydrogen-bond acceptors (Lipinski definition) is 2. The second-order valence-corrected chi connectivity index (χ2v) is 4.48. The van der Waals surface area contributed by atoms with Gasteiger partial charge in [0, 0.05) is 5.56 Å². The molecule has 1 fully saturated rings. The first-order chi connectivity index (χ1) is 6.74. The highest BCUT2D eigenvalue weighted by atomic mass is 79.9. The maximum atomic E-state index is 13.7. The van der Waals surface area contributed by atoms with E-state index in [1.807, 2.05) is 6.07 Å². The average molecular weight is 259 g/mol. The maximum Gasteiger partial charge on any atom is 0.142 e. The Morgan fingerprint density at radius 2 is 2.21 bits per heavy atom. The van der Waals surface area contributed by atoms with Crippen molar-refractivity contribution in [2.24, 2.45) is 11.8 Å². The molecule has 0 bridgehead atoms. The molecule has 0 aromatic heterocycles.